The summed E-state index contributed by atoms with van der Waals surface area (Å²) >= 11 is 0. The molecule has 0 saturated heterocycles. The van der Waals surface area contributed by atoms with E-state index in [9.17, 15) is 0 Å². The van der Waals surface area contributed by atoms with Gasteiger partial charge in [-0.25, -0.2) is 4.98 Å². The smallest absolute Gasteiger partial charge is 0.213 e. The van der Waals surface area contributed by atoms with E-state index in [4.69, 9.17) is 4.74 Å². The maximum absolute atomic E-state index is 5.66. The molecule has 1 aromatic rings. The van der Waals surface area contributed by atoms with Gasteiger partial charge in [0.25, 0.3) is 0 Å². The average Bonchev–Trinajstić information content (AvgIpc) is 3.10. The molecule has 94 valence electrons. The van der Waals surface area contributed by atoms with E-state index >= 15 is 0 Å². The fourth-order valence-corrected chi connectivity index (χ4v) is 1.63. The minimum absolute atomic E-state index is 0.683. The molecule has 1 heterocycles. The largest absolute Gasteiger partial charge is 0.477 e. The summed E-state index contributed by atoms with van der Waals surface area (Å²) in [5.41, 5.74) is 1.24. The van der Waals surface area contributed by atoms with Gasteiger partial charge in [-0.05, 0) is 42.9 Å². The molecule has 1 aliphatic rings. The molecule has 1 saturated carbocycles. The molecule has 0 spiro atoms. The predicted octanol–water partition coefficient (Wildman–Crippen LogP) is 2.62. The lowest BCUT2D eigenvalue weighted by atomic mass is 10.2. The van der Waals surface area contributed by atoms with Crippen LogP contribution in [0.25, 0.3) is 0 Å². The van der Waals surface area contributed by atoms with Crippen molar-refractivity contribution in [2.45, 2.75) is 33.2 Å². The molecule has 17 heavy (non-hydrogen) atoms. The predicted molar refractivity (Wildman–Crippen MR) is 69.0 cm³/mol. The number of hydrogen-bond donors (Lipinski definition) is 1. The van der Waals surface area contributed by atoms with Crippen molar-refractivity contribution in [3.05, 3.63) is 23.9 Å². The maximum atomic E-state index is 5.66. The molecule has 1 aliphatic carbocycles. The van der Waals surface area contributed by atoms with Gasteiger partial charge in [0.1, 0.15) is 0 Å². The zero-order chi connectivity index (χ0) is 12.1. The number of nitrogens with one attached hydrogen (secondary N) is 1. The third-order valence-corrected chi connectivity index (χ3v) is 2.84. The summed E-state index contributed by atoms with van der Waals surface area (Å²) in [5.74, 6) is 2.22. The Morgan fingerprint density at radius 3 is 3.00 bits per heavy atom. The lowest BCUT2D eigenvalue weighted by molar-refractivity contribution is 0.288. The molecule has 2 rings (SSSR count). The maximum Gasteiger partial charge on any atom is 0.213 e. The molecular weight excluding hydrogens is 212 g/mol. The molecule has 0 unspecified atom stereocenters. The van der Waals surface area contributed by atoms with Gasteiger partial charge in [-0.3, -0.25) is 0 Å². The number of rotatable bonds is 7. The zero-order valence-corrected chi connectivity index (χ0v) is 10.8. The van der Waals surface area contributed by atoms with E-state index in [1.165, 1.54) is 18.4 Å². The number of pyridine rings is 1. The number of nitrogens with zero attached hydrogens (tertiary/aromatic N) is 1. The number of aromatic nitrogens is 1. The van der Waals surface area contributed by atoms with Crippen molar-refractivity contribution in [2.24, 2.45) is 11.8 Å². The lowest BCUT2D eigenvalue weighted by Gasteiger charge is -2.09. The standard InChI is InChI=1S/C14H22N2O/c1-11(2)8-15-9-13-5-6-16-14(7-13)17-10-12-3-4-12/h5-7,11-12,15H,3-4,8-10H2,1-2H3. The SMILES string of the molecule is CC(C)CNCc1ccnc(OCC2CC2)c1. The van der Waals surface area contributed by atoms with Crippen LogP contribution in [0.1, 0.15) is 32.3 Å². The first-order chi connectivity index (χ1) is 8.24. The van der Waals surface area contributed by atoms with Gasteiger partial charge < -0.3 is 10.1 Å². The summed E-state index contributed by atoms with van der Waals surface area (Å²) < 4.78 is 5.66. The Hall–Kier alpha value is -1.09. The van der Waals surface area contributed by atoms with Gasteiger partial charge in [0.2, 0.25) is 5.88 Å². The first-order valence-corrected chi connectivity index (χ1v) is 6.52. The topological polar surface area (TPSA) is 34.2 Å². The van der Waals surface area contributed by atoms with Crippen LogP contribution in [-0.4, -0.2) is 18.1 Å². The van der Waals surface area contributed by atoms with Crippen molar-refractivity contribution in [3.63, 3.8) is 0 Å². The molecule has 0 aliphatic heterocycles. The Morgan fingerprint density at radius 2 is 2.29 bits per heavy atom. The molecule has 1 aromatic heterocycles. The summed E-state index contributed by atoms with van der Waals surface area (Å²) in [4.78, 5) is 4.23. The monoisotopic (exact) mass is 234 g/mol. The van der Waals surface area contributed by atoms with Crippen LogP contribution in [0.4, 0.5) is 0 Å². The summed E-state index contributed by atoms with van der Waals surface area (Å²) in [6.45, 7) is 7.18. The van der Waals surface area contributed by atoms with E-state index in [1.54, 1.807) is 0 Å². The summed E-state index contributed by atoms with van der Waals surface area (Å²) in [6.07, 6.45) is 4.46. The molecule has 0 bridgehead atoms. The van der Waals surface area contributed by atoms with Crippen molar-refractivity contribution < 1.29 is 4.74 Å². The highest BCUT2D eigenvalue weighted by Crippen LogP contribution is 2.29. The zero-order valence-electron chi connectivity index (χ0n) is 10.8. The second-order valence-electron chi connectivity index (χ2n) is 5.28. The highest BCUT2D eigenvalue weighted by molar-refractivity contribution is 5.20. The highest BCUT2D eigenvalue weighted by Gasteiger charge is 2.22. The van der Waals surface area contributed by atoms with Crippen molar-refractivity contribution in [3.8, 4) is 5.88 Å². The van der Waals surface area contributed by atoms with Crippen LogP contribution in [0.15, 0.2) is 18.3 Å². The second kappa shape index (κ2) is 6.01. The van der Waals surface area contributed by atoms with Crippen molar-refractivity contribution in [1.82, 2.24) is 10.3 Å². The third-order valence-electron chi connectivity index (χ3n) is 2.84. The van der Waals surface area contributed by atoms with Gasteiger partial charge in [-0.15, -0.1) is 0 Å². The van der Waals surface area contributed by atoms with E-state index in [0.717, 1.165) is 31.5 Å². The summed E-state index contributed by atoms with van der Waals surface area (Å²) in [6, 6.07) is 4.08. The van der Waals surface area contributed by atoms with E-state index < -0.39 is 0 Å². The van der Waals surface area contributed by atoms with Gasteiger partial charge in [0, 0.05) is 18.8 Å². The molecule has 3 heteroatoms. The second-order valence-corrected chi connectivity index (χ2v) is 5.28. The number of hydrogen-bond acceptors (Lipinski definition) is 3. The molecule has 0 radical (unpaired) electrons. The Labute approximate surface area is 104 Å². The van der Waals surface area contributed by atoms with Crippen LogP contribution in [0.5, 0.6) is 5.88 Å². The van der Waals surface area contributed by atoms with E-state index in [2.05, 4.69) is 24.1 Å². The van der Waals surface area contributed by atoms with Crippen LogP contribution < -0.4 is 10.1 Å². The van der Waals surface area contributed by atoms with Gasteiger partial charge in [-0.1, -0.05) is 13.8 Å². The lowest BCUT2D eigenvalue weighted by Crippen LogP contribution is -2.19. The van der Waals surface area contributed by atoms with E-state index in [0.29, 0.717) is 5.92 Å². The molecule has 0 aromatic carbocycles. The van der Waals surface area contributed by atoms with Gasteiger partial charge >= 0.3 is 0 Å². The minimum atomic E-state index is 0.683. The van der Waals surface area contributed by atoms with E-state index in [1.807, 2.05) is 18.3 Å². The minimum Gasteiger partial charge on any atom is -0.477 e. The molecule has 1 fully saturated rings. The van der Waals surface area contributed by atoms with Crippen molar-refractivity contribution >= 4 is 0 Å². The molecule has 0 atom stereocenters. The fraction of sp³-hybridized carbons (Fsp3) is 0.643. The summed E-state index contributed by atoms with van der Waals surface area (Å²) in [5, 5.41) is 3.42. The molecule has 0 amide bonds. The van der Waals surface area contributed by atoms with Crippen molar-refractivity contribution in [2.75, 3.05) is 13.2 Å². The average molecular weight is 234 g/mol. The third kappa shape index (κ3) is 4.73. The van der Waals surface area contributed by atoms with Crippen LogP contribution in [0.2, 0.25) is 0 Å². The Balaban J connectivity index is 1.78. The summed E-state index contributed by atoms with van der Waals surface area (Å²) in [7, 11) is 0. The molecule has 1 N–H and O–H groups in total. The normalized spacial score (nSPS) is 15.2. The van der Waals surface area contributed by atoms with E-state index in [-0.39, 0.29) is 0 Å². The first-order valence-electron chi connectivity index (χ1n) is 6.52. The Morgan fingerprint density at radius 1 is 1.47 bits per heavy atom. The number of ether oxygens (including phenoxy) is 1. The van der Waals surface area contributed by atoms with Gasteiger partial charge in [0.05, 0.1) is 6.61 Å². The van der Waals surface area contributed by atoms with Crippen LogP contribution in [-0.2, 0) is 6.54 Å². The highest BCUT2D eigenvalue weighted by atomic mass is 16.5. The van der Waals surface area contributed by atoms with Gasteiger partial charge in [-0.2, -0.15) is 0 Å². The quantitative estimate of drug-likeness (QED) is 0.787. The Bertz CT molecular complexity index is 348. The van der Waals surface area contributed by atoms with Crippen molar-refractivity contribution in [1.29, 1.82) is 0 Å². The molecule has 3 nitrogen and oxygen atoms in total. The fourth-order valence-electron chi connectivity index (χ4n) is 1.63. The van der Waals surface area contributed by atoms with Crippen LogP contribution in [0.3, 0.4) is 0 Å². The Kier molecular flexibility index (Phi) is 4.37. The van der Waals surface area contributed by atoms with Crippen LogP contribution in [0, 0.1) is 11.8 Å². The first kappa shape index (κ1) is 12.4. The molecular formula is C14H22N2O. The van der Waals surface area contributed by atoms with Gasteiger partial charge in [0.15, 0.2) is 0 Å². The van der Waals surface area contributed by atoms with Crippen LogP contribution >= 0.6 is 0 Å².